The Morgan fingerprint density at radius 1 is 1.14 bits per heavy atom. The van der Waals surface area contributed by atoms with Gasteiger partial charge in [-0.05, 0) is 35.7 Å². The van der Waals surface area contributed by atoms with Crippen molar-refractivity contribution in [1.29, 1.82) is 0 Å². The van der Waals surface area contributed by atoms with Crippen molar-refractivity contribution in [3.8, 4) is 0 Å². The van der Waals surface area contributed by atoms with Crippen LogP contribution in [0.25, 0.3) is 0 Å². The molecule has 1 unspecified atom stereocenters. The number of carbonyl (C=O) groups excluding carboxylic acids is 1. The second-order valence-corrected chi connectivity index (χ2v) is 5.29. The van der Waals surface area contributed by atoms with Crippen molar-refractivity contribution < 1.29 is 9.90 Å². The molecule has 4 heteroatoms. The van der Waals surface area contributed by atoms with Gasteiger partial charge in [-0.3, -0.25) is 4.79 Å². The van der Waals surface area contributed by atoms with Crippen LogP contribution >= 0.6 is 0 Å². The number of benzene rings is 2. The van der Waals surface area contributed by atoms with Crippen LogP contribution in [0.4, 0.5) is 0 Å². The fraction of sp³-hybridized carbons (Fsp3) is 0.278. The minimum absolute atomic E-state index is 0.0503. The fourth-order valence-corrected chi connectivity index (χ4v) is 2.32. The van der Waals surface area contributed by atoms with Gasteiger partial charge in [0.05, 0.1) is 6.61 Å². The molecule has 22 heavy (non-hydrogen) atoms. The van der Waals surface area contributed by atoms with E-state index in [9.17, 15) is 9.90 Å². The number of aliphatic hydroxyl groups is 1. The fourth-order valence-electron chi connectivity index (χ4n) is 2.32. The van der Waals surface area contributed by atoms with E-state index in [1.54, 1.807) is 13.1 Å². The number of hydrogen-bond acceptors (Lipinski definition) is 3. The maximum atomic E-state index is 11.6. The van der Waals surface area contributed by atoms with Crippen LogP contribution < -0.4 is 10.6 Å². The summed E-state index contributed by atoms with van der Waals surface area (Å²) in [5.74, 6) is -0.0782. The maximum absolute atomic E-state index is 11.6. The molecule has 0 aliphatic heterocycles. The van der Waals surface area contributed by atoms with Gasteiger partial charge in [-0.15, -0.1) is 0 Å². The van der Waals surface area contributed by atoms with Gasteiger partial charge in [0, 0.05) is 25.2 Å². The quantitative estimate of drug-likeness (QED) is 0.767. The van der Waals surface area contributed by atoms with E-state index in [-0.39, 0.29) is 18.6 Å². The molecule has 0 fully saturated rings. The molecule has 0 aliphatic rings. The molecule has 2 aromatic rings. The smallest absolute Gasteiger partial charge is 0.251 e. The van der Waals surface area contributed by atoms with Crippen molar-refractivity contribution in [3.05, 3.63) is 70.8 Å². The summed E-state index contributed by atoms with van der Waals surface area (Å²) in [5, 5.41) is 15.3. The zero-order chi connectivity index (χ0) is 15.9. The SMILES string of the molecule is CNC(=O)c1cccc(CNC(C)c2cccc(CO)c2)c1. The molecule has 0 aromatic heterocycles. The van der Waals surface area contributed by atoms with Crippen LogP contribution in [0.3, 0.4) is 0 Å². The molecule has 0 aliphatic carbocycles. The summed E-state index contributed by atoms with van der Waals surface area (Å²) in [5.41, 5.74) is 3.77. The minimum atomic E-state index is -0.0782. The van der Waals surface area contributed by atoms with Gasteiger partial charge < -0.3 is 15.7 Å². The Bertz CT molecular complexity index is 640. The molecule has 0 bridgehead atoms. The van der Waals surface area contributed by atoms with Gasteiger partial charge in [-0.25, -0.2) is 0 Å². The predicted octanol–water partition coefficient (Wildman–Crippen LogP) is 2.39. The lowest BCUT2D eigenvalue weighted by molar-refractivity contribution is 0.0963. The zero-order valence-electron chi connectivity index (χ0n) is 13.0. The summed E-state index contributed by atoms with van der Waals surface area (Å²) in [7, 11) is 1.63. The van der Waals surface area contributed by atoms with Crippen molar-refractivity contribution in [2.24, 2.45) is 0 Å². The average Bonchev–Trinajstić information content (AvgIpc) is 2.59. The molecule has 1 atom stereocenters. The lowest BCUT2D eigenvalue weighted by Crippen LogP contribution is -2.20. The van der Waals surface area contributed by atoms with E-state index < -0.39 is 0 Å². The number of carbonyl (C=O) groups is 1. The maximum Gasteiger partial charge on any atom is 0.251 e. The summed E-state index contributed by atoms with van der Waals surface area (Å²) in [4.78, 5) is 11.6. The Labute approximate surface area is 131 Å². The lowest BCUT2D eigenvalue weighted by atomic mass is 10.0. The van der Waals surface area contributed by atoms with Crippen LogP contribution in [-0.4, -0.2) is 18.1 Å². The third-order valence-electron chi connectivity index (χ3n) is 3.66. The predicted molar refractivity (Wildman–Crippen MR) is 87.5 cm³/mol. The molecule has 4 nitrogen and oxygen atoms in total. The second kappa shape index (κ2) is 7.73. The first-order chi connectivity index (χ1) is 10.6. The average molecular weight is 298 g/mol. The summed E-state index contributed by atoms with van der Waals surface area (Å²) in [6.45, 7) is 2.81. The largest absolute Gasteiger partial charge is 0.392 e. The lowest BCUT2D eigenvalue weighted by Gasteiger charge is -2.15. The molecule has 0 spiro atoms. The van der Waals surface area contributed by atoms with Crippen molar-refractivity contribution in [1.82, 2.24) is 10.6 Å². The molecular weight excluding hydrogens is 276 g/mol. The summed E-state index contributed by atoms with van der Waals surface area (Å²) >= 11 is 0. The van der Waals surface area contributed by atoms with Gasteiger partial charge in [0.15, 0.2) is 0 Å². The van der Waals surface area contributed by atoms with E-state index in [1.165, 1.54) is 0 Å². The van der Waals surface area contributed by atoms with Gasteiger partial charge in [-0.2, -0.15) is 0 Å². The monoisotopic (exact) mass is 298 g/mol. The number of amides is 1. The van der Waals surface area contributed by atoms with Crippen molar-refractivity contribution >= 4 is 5.91 Å². The molecule has 2 aromatic carbocycles. The highest BCUT2D eigenvalue weighted by atomic mass is 16.3. The van der Waals surface area contributed by atoms with Gasteiger partial charge in [-0.1, -0.05) is 36.4 Å². The Balaban J connectivity index is 2.01. The number of hydrogen-bond donors (Lipinski definition) is 3. The molecule has 3 N–H and O–H groups in total. The van der Waals surface area contributed by atoms with Crippen LogP contribution in [0.1, 0.15) is 40.0 Å². The molecule has 0 saturated carbocycles. The van der Waals surface area contributed by atoms with E-state index in [4.69, 9.17) is 0 Å². The molecule has 116 valence electrons. The zero-order valence-corrected chi connectivity index (χ0v) is 13.0. The Kier molecular flexibility index (Phi) is 5.69. The molecular formula is C18H22N2O2. The first-order valence-electron chi connectivity index (χ1n) is 7.38. The molecule has 0 heterocycles. The van der Waals surface area contributed by atoms with Gasteiger partial charge >= 0.3 is 0 Å². The van der Waals surface area contributed by atoms with Crippen molar-refractivity contribution in [2.45, 2.75) is 26.1 Å². The summed E-state index contributed by atoms with van der Waals surface area (Å²) in [6.07, 6.45) is 0. The van der Waals surface area contributed by atoms with Crippen molar-refractivity contribution in [3.63, 3.8) is 0 Å². The van der Waals surface area contributed by atoms with Gasteiger partial charge in [0.25, 0.3) is 5.91 Å². The molecule has 1 amide bonds. The normalized spacial score (nSPS) is 12.0. The van der Waals surface area contributed by atoms with Gasteiger partial charge in [0.2, 0.25) is 0 Å². The second-order valence-electron chi connectivity index (χ2n) is 5.29. The molecule has 0 saturated heterocycles. The topological polar surface area (TPSA) is 61.4 Å². The van der Waals surface area contributed by atoms with E-state index >= 15 is 0 Å². The minimum Gasteiger partial charge on any atom is -0.392 e. The van der Waals surface area contributed by atoms with Crippen LogP contribution in [-0.2, 0) is 13.2 Å². The Morgan fingerprint density at radius 3 is 2.59 bits per heavy atom. The van der Waals surface area contributed by atoms with Crippen LogP contribution in [0, 0.1) is 0 Å². The summed E-state index contributed by atoms with van der Waals surface area (Å²) in [6, 6.07) is 15.6. The first-order valence-corrected chi connectivity index (χ1v) is 7.38. The number of nitrogens with one attached hydrogen (secondary N) is 2. The molecule has 2 rings (SSSR count). The van der Waals surface area contributed by atoms with E-state index in [0.29, 0.717) is 12.1 Å². The highest BCUT2D eigenvalue weighted by Crippen LogP contribution is 2.15. The standard InChI is InChI=1S/C18H22N2O2/c1-13(16-7-4-6-15(10-16)12-21)20-11-14-5-3-8-17(9-14)18(22)19-2/h3-10,13,20-21H,11-12H2,1-2H3,(H,19,22). The van der Waals surface area contributed by atoms with Crippen LogP contribution in [0.15, 0.2) is 48.5 Å². The van der Waals surface area contributed by atoms with Gasteiger partial charge in [0.1, 0.15) is 0 Å². The third kappa shape index (κ3) is 4.16. The molecule has 0 radical (unpaired) electrons. The van der Waals surface area contributed by atoms with Crippen LogP contribution in [0.5, 0.6) is 0 Å². The highest BCUT2D eigenvalue weighted by Gasteiger charge is 2.07. The van der Waals surface area contributed by atoms with E-state index in [1.807, 2.05) is 42.5 Å². The number of aliphatic hydroxyl groups excluding tert-OH is 1. The van der Waals surface area contributed by atoms with Crippen molar-refractivity contribution in [2.75, 3.05) is 7.05 Å². The Hall–Kier alpha value is -2.17. The van der Waals surface area contributed by atoms with Crippen LogP contribution in [0.2, 0.25) is 0 Å². The highest BCUT2D eigenvalue weighted by molar-refractivity contribution is 5.94. The number of rotatable bonds is 6. The first kappa shape index (κ1) is 16.2. The third-order valence-corrected chi connectivity index (χ3v) is 3.66. The van der Waals surface area contributed by atoms with E-state index in [0.717, 1.165) is 16.7 Å². The van der Waals surface area contributed by atoms with E-state index in [2.05, 4.69) is 17.6 Å². The summed E-state index contributed by atoms with van der Waals surface area (Å²) < 4.78 is 0. The Morgan fingerprint density at radius 2 is 1.86 bits per heavy atom.